The first-order chi connectivity index (χ1) is 14.6. The lowest BCUT2D eigenvalue weighted by Crippen LogP contribution is -2.51. The van der Waals surface area contributed by atoms with Crippen molar-refractivity contribution in [2.24, 2.45) is 5.92 Å². The van der Waals surface area contributed by atoms with Gasteiger partial charge in [-0.2, -0.15) is 0 Å². The Morgan fingerprint density at radius 2 is 1.90 bits per heavy atom. The Morgan fingerprint density at radius 3 is 2.63 bits per heavy atom. The Balaban J connectivity index is 1.41. The van der Waals surface area contributed by atoms with Crippen molar-refractivity contribution in [2.75, 3.05) is 20.3 Å². The second-order valence-electron chi connectivity index (χ2n) is 8.10. The van der Waals surface area contributed by atoms with Crippen molar-refractivity contribution >= 4 is 12.1 Å². The fourth-order valence-electron chi connectivity index (χ4n) is 4.53. The van der Waals surface area contributed by atoms with Gasteiger partial charge >= 0.3 is 12.1 Å². The van der Waals surface area contributed by atoms with E-state index in [9.17, 15) is 9.59 Å². The Labute approximate surface area is 176 Å². The summed E-state index contributed by atoms with van der Waals surface area (Å²) in [5, 5.41) is 2.81. The number of hydrogen-bond donors (Lipinski definition) is 1. The van der Waals surface area contributed by atoms with Crippen LogP contribution in [-0.4, -0.2) is 56.4 Å². The Kier molecular flexibility index (Phi) is 6.55. The second-order valence-corrected chi connectivity index (χ2v) is 8.10. The molecule has 1 aliphatic carbocycles. The summed E-state index contributed by atoms with van der Waals surface area (Å²) in [7, 11) is 1.33. The quantitative estimate of drug-likeness (QED) is 0.733. The van der Waals surface area contributed by atoms with Crippen LogP contribution in [-0.2, 0) is 35.1 Å². The minimum absolute atomic E-state index is 0.139. The van der Waals surface area contributed by atoms with Crippen molar-refractivity contribution in [3.63, 3.8) is 0 Å². The van der Waals surface area contributed by atoms with E-state index >= 15 is 0 Å². The van der Waals surface area contributed by atoms with Gasteiger partial charge in [-0.3, -0.25) is 4.79 Å². The number of rotatable bonds is 5. The third-order valence-electron chi connectivity index (χ3n) is 6.12. The van der Waals surface area contributed by atoms with Crippen molar-refractivity contribution < 1.29 is 33.3 Å². The van der Waals surface area contributed by atoms with Gasteiger partial charge in [0.25, 0.3) is 0 Å². The molecule has 2 aliphatic heterocycles. The lowest BCUT2D eigenvalue weighted by molar-refractivity contribution is -0.196. The topological polar surface area (TPSA) is 92.3 Å². The SMILES string of the molecule is COC(=O)[C@@H]1CO[C@H]([C@H]2COC3(CCCCC3)O2)[C@@H]1NC(=O)OCc1ccccc1. The summed E-state index contributed by atoms with van der Waals surface area (Å²) in [4.78, 5) is 24.7. The molecule has 4 atom stereocenters. The summed E-state index contributed by atoms with van der Waals surface area (Å²) in [6.45, 7) is 0.656. The van der Waals surface area contributed by atoms with Crippen LogP contribution >= 0.6 is 0 Å². The zero-order chi connectivity index (χ0) is 21.0. The highest BCUT2D eigenvalue weighted by Crippen LogP contribution is 2.40. The molecule has 1 spiro atoms. The van der Waals surface area contributed by atoms with Crippen molar-refractivity contribution in [3.05, 3.63) is 35.9 Å². The van der Waals surface area contributed by atoms with Gasteiger partial charge in [0, 0.05) is 12.8 Å². The molecule has 3 fully saturated rings. The van der Waals surface area contributed by atoms with Crippen molar-refractivity contribution in [3.8, 4) is 0 Å². The van der Waals surface area contributed by atoms with Crippen LogP contribution < -0.4 is 5.32 Å². The highest BCUT2D eigenvalue weighted by molar-refractivity contribution is 5.76. The Bertz CT molecular complexity index is 734. The molecule has 8 heteroatoms. The molecular weight excluding hydrogens is 390 g/mol. The number of hydrogen-bond acceptors (Lipinski definition) is 7. The van der Waals surface area contributed by atoms with Crippen LogP contribution in [0.1, 0.15) is 37.7 Å². The molecule has 3 aliphatic rings. The van der Waals surface area contributed by atoms with Gasteiger partial charge in [-0.1, -0.05) is 36.8 Å². The van der Waals surface area contributed by atoms with Crippen LogP contribution in [0, 0.1) is 5.92 Å². The highest BCUT2D eigenvalue weighted by atomic mass is 16.8. The number of esters is 1. The average Bonchev–Trinajstić information content (AvgIpc) is 3.37. The van der Waals surface area contributed by atoms with E-state index < -0.39 is 35.9 Å². The van der Waals surface area contributed by atoms with Gasteiger partial charge in [0.05, 0.1) is 26.4 Å². The van der Waals surface area contributed by atoms with Crippen molar-refractivity contribution in [1.29, 1.82) is 0 Å². The summed E-state index contributed by atoms with van der Waals surface area (Å²) < 4.78 is 28.5. The maximum absolute atomic E-state index is 12.5. The molecule has 0 bridgehead atoms. The van der Waals surface area contributed by atoms with Crippen molar-refractivity contribution in [2.45, 2.75) is 62.7 Å². The number of carbonyl (C=O) groups is 2. The molecule has 0 unspecified atom stereocenters. The smallest absolute Gasteiger partial charge is 0.407 e. The first kappa shape index (κ1) is 21.1. The molecule has 30 heavy (non-hydrogen) atoms. The van der Waals surface area contributed by atoms with E-state index in [4.69, 9.17) is 23.7 Å². The number of methoxy groups -OCH3 is 1. The van der Waals surface area contributed by atoms with E-state index in [1.54, 1.807) is 0 Å². The normalized spacial score (nSPS) is 30.2. The van der Waals surface area contributed by atoms with Crippen LogP contribution in [0.3, 0.4) is 0 Å². The third kappa shape index (κ3) is 4.61. The molecule has 1 aromatic carbocycles. The number of ether oxygens (including phenoxy) is 5. The molecule has 164 valence electrons. The first-order valence-corrected chi connectivity index (χ1v) is 10.6. The molecule has 1 aromatic rings. The number of carbonyl (C=O) groups excluding carboxylic acids is 2. The average molecular weight is 419 g/mol. The highest BCUT2D eigenvalue weighted by Gasteiger charge is 2.52. The maximum atomic E-state index is 12.5. The minimum atomic E-state index is -0.629. The van der Waals surface area contributed by atoms with E-state index in [1.165, 1.54) is 13.5 Å². The largest absolute Gasteiger partial charge is 0.469 e. The van der Waals surface area contributed by atoms with E-state index in [2.05, 4.69) is 5.32 Å². The molecule has 1 N–H and O–H groups in total. The fourth-order valence-corrected chi connectivity index (χ4v) is 4.53. The molecule has 8 nitrogen and oxygen atoms in total. The summed E-state index contributed by atoms with van der Waals surface area (Å²) in [6, 6.07) is 8.78. The summed E-state index contributed by atoms with van der Waals surface area (Å²) in [6.07, 6.45) is 3.53. The summed E-state index contributed by atoms with van der Waals surface area (Å²) in [5.41, 5.74) is 0.878. The van der Waals surface area contributed by atoms with Gasteiger partial charge in [-0.05, 0) is 18.4 Å². The lowest BCUT2D eigenvalue weighted by Gasteiger charge is -2.33. The molecule has 0 aromatic heterocycles. The number of alkyl carbamates (subject to hydrolysis) is 1. The maximum Gasteiger partial charge on any atom is 0.407 e. The number of nitrogens with one attached hydrogen (secondary N) is 1. The summed E-state index contributed by atoms with van der Waals surface area (Å²) >= 11 is 0. The van der Waals surface area contributed by atoms with Gasteiger partial charge < -0.3 is 29.0 Å². The lowest BCUT2D eigenvalue weighted by atomic mass is 9.94. The first-order valence-electron chi connectivity index (χ1n) is 10.6. The second kappa shape index (κ2) is 9.32. The van der Waals surface area contributed by atoms with Crippen LogP contribution in [0.4, 0.5) is 4.79 Å². The van der Waals surface area contributed by atoms with E-state index in [0.29, 0.717) is 6.61 Å². The fraction of sp³-hybridized carbons (Fsp3) is 0.636. The molecule has 2 heterocycles. The number of amides is 1. The van der Waals surface area contributed by atoms with E-state index in [0.717, 1.165) is 31.2 Å². The number of benzene rings is 1. The summed E-state index contributed by atoms with van der Waals surface area (Å²) in [5.74, 6) is -1.62. The van der Waals surface area contributed by atoms with Crippen LogP contribution in [0.2, 0.25) is 0 Å². The van der Waals surface area contributed by atoms with Gasteiger partial charge in [-0.15, -0.1) is 0 Å². The van der Waals surface area contributed by atoms with Gasteiger partial charge in [0.1, 0.15) is 24.7 Å². The van der Waals surface area contributed by atoms with Crippen LogP contribution in [0.5, 0.6) is 0 Å². The zero-order valence-electron chi connectivity index (χ0n) is 17.2. The van der Waals surface area contributed by atoms with Gasteiger partial charge in [-0.25, -0.2) is 4.79 Å². The molecule has 0 radical (unpaired) electrons. The predicted octanol–water partition coefficient (Wildman–Crippen LogP) is 2.55. The van der Waals surface area contributed by atoms with Crippen LogP contribution in [0.15, 0.2) is 30.3 Å². The van der Waals surface area contributed by atoms with E-state index in [1.807, 2.05) is 30.3 Å². The van der Waals surface area contributed by atoms with Gasteiger partial charge in [0.15, 0.2) is 5.79 Å². The predicted molar refractivity (Wildman–Crippen MR) is 105 cm³/mol. The minimum Gasteiger partial charge on any atom is -0.469 e. The monoisotopic (exact) mass is 419 g/mol. The van der Waals surface area contributed by atoms with E-state index in [-0.39, 0.29) is 19.3 Å². The Hall–Kier alpha value is -2.16. The molecular formula is C22H29NO7. The Morgan fingerprint density at radius 1 is 1.13 bits per heavy atom. The van der Waals surface area contributed by atoms with Gasteiger partial charge in [0.2, 0.25) is 0 Å². The molecule has 1 amide bonds. The molecule has 2 saturated heterocycles. The molecule has 1 saturated carbocycles. The molecule has 4 rings (SSSR count). The van der Waals surface area contributed by atoms with Crippen LogP contribution in [0.25, 0.3) is 0 Å². The third-order valence-corrected chi connectivity index (χ3v) is 6.12. The van der Waals surface area contributed by atoms with Crippen molar-refractivity contribution in [1.82, 2.24) is 5.32 Å². The zero-order valence-corrected chi connectivity index (χ0v) is 17.2. The standard InChI is InChI=1S/C22H29NO7/c1-26-20(24)16-13-27-19(17-14-29-22(30-17)10-6-3-7-11-22)18(16)23-21(25)28-12-15-8-4-2-5-9-15/h2,4-5,8-9,16-19H,3,6-7,10-14H2,1H3,(H,23,25)/t16-,17-,18-,19-/m1/s1.